The van der Waals surface area contributed by atoms with Crippen LogP contribution in [0.5, 0.6) is 0 Å². The first kappa shape index (κ1) is 12.0. The number of nitrogens with one attached hydrogen (secondary N) is 1. The third kappa shape index (κ3) is 2.43. The number of H-pyrrole nitrogens is 1. The highest BCUT2D eigenvalue weighted by molar-refractivity contribution is 5.98. The van der Waals surface area contributed by atoms with Crippen molar-refractivity contribution in [3.05, 3.63) is 11.8 Å². The molecule has 1 aromatic rings. The van der Waals surface area contributed by atoms with Crippen molar-refractivity contribution in [3.63, 3.8) is 0 Å². The summed E-state index contributed by atoms with van der Waals surface area (Å²) in [6.45, 7) is 2.25. The molecule has 1 saturated carbocycles. The molecule has 1 aromatic heterocycles. The van der Waals surface area contributed by atoms with Crippen LogP contribution in [0.25, 0.3) is 0 Å². The summed E-state index contributed by atoms with van der Waals surface area (Å²) in [6, 6.07) is 0.334. The van der Waals surface area contributed by atoms with E-state index in [1.165, 1.54) is 19.0 Å². The molecule has 0 aromatic carbocycles. The lowest BCUT2D eigenvalue weighted by Crippen LogP contribution is -2.39. The molecule has 2 rings (SSSR count). The highest BCUT2D eigenvalue weighted by Crippen LogP contribution is 2.27. The number of hydrogen-bond donors (Lipinski definition) is 2. The molecule has 0 bridgehead atoms. The van der Waals surface area contributed by atoms with Crippen molar-refractivity contribution >= 4 is 11.7 Å². The Morgan fingerprint density at radius 3 is 2.94 bits per heavy atom. The van der Waals surface area contributed by atoms with E-state index in [-0.39, 0.29) is 5.91 Å². The fraction of sp³-hybridized carbons (Fsp3) is 0.667. The molecule has 94 valence electrons. The van der Waals surface area contributed by atoms with Crippen LogP contribution in [-0.2, 0) is 0 Å². The van der Waals surface area contributed by atoms with Crippen molar-refractivity contribution in [2.75, 3.05) is 12.8 Å². The van der Waals surface area contributed by atoms with E-state index < -0.39 is 0 Å². The molecule has 0 spiro atoms. The van der Waals surface area contributed by atoms with Crippen LogP contribution in [0.4, 0.5) is 5.82 Å². The summed E-state index contributed by atoms with van der Waals surface area (Å²) >= 11 is 0. The molecule has 1 amide bonds. The molecule has 0 saturated heterocycles. The van der Waals surface area contributed by atoms with E-state index in [0.29, 0.717) is 23.3 Å². The van der Waals surface area contributed by atoms with Gasteiger partial charge in [-0.25, -0.2) is 0 Å². The summed E-state index contributed by atoms with van der Waals surface area (Å²) in [5, 5.41) is 6.38. The largest absolute Gasteiger partial charge is 0.383 e. The Hall–Kier alpha value is -1.52. The summed E-state index contributed by atoms with van der Waals surface area (Å²) in [6.07, 6.45) is 6.14. The Balaban J connectivity index is 2.07. The zero-order valence-electron chi connectivity index (χ0n) is 10.4. The molecular weight excluding hydrogens is 216 g/mol. The second kappa shape index (κ2) is 4.77. The SMILES string of the molecule is CC1CCCC(N(C)C(=O)c2cn[nH]c2N)C1. The highest BCUT2D eigenvalue weighted by atomic mass is 16.2. The summed E-state index contributed by atoms with van der Waals surface area (Å²) in [4.78, 5) is 14.0. The van der Waals surface area contributed by atoms with Crippen LogP contribution in [0.1, 0.15) is 43.0 Å². The Morgan fingerprint density at radius 2 is 2.35 bits per heavy atom. The third-order valence-corrected chi connectivity index (χ3v) is 3.68. The van der Waals surface area contributed by atoms with Crippen molar-refractivity contribution in [3.8, 4) is 0 Å². The van der Waals surface area contributed by atoms with Crippen LogP contribution in [0, 0.1) is 5.92 Å². The standard InChI is InChI=1S/C12H20N4O/c1-8-4-3-5-9(6-8)16(2)12(17)10-7-14-15-11(10)13/h7-9H,3-6H2,1-2H3,(H3,13,14,15). The van der Waals surface area contributed by atoms with Gasteiger partial charge in [-0.1, -0.05) is 19.8 Å². The van der Waals surface area contributed by atoms with Gasteiger partial charge in [0.15, 0.2) is 0 Å². The first-order chi connectivity index (χ1) is 8.09. The fourth-order valence-electron chi connectivity index (χ4n) is 2.58. The molecule has 1 aliphatic rings. The van der Waals surface area contributed by atoms with Gasteiger partial charge in [-0.3, -0.25) is 9.89 Å². The minimum absolute atomic E-state index is 0.0321. The molecule has 0 radical (unpaired) electrons. The van der Waals surface area contributed by atoms with Crippen LogP contribution >= 0.6 is 0 Å². The lowest BCUT2D eigenvalue weighted by molar-refractivity contribution is 0.0673. The van der Waals surface area contributed by atoms with Crippen LogP contribution in [0.2, 0.25) is 0 Å². The van der Waals surface area contributed by atoms with Crippen LogP contribution < -0.4 is 5.73 Å². The quantitative estimate of drug-likeness (QED) is 0.819. The van der Waals surface area contributed by atoms with E-state index in [1.54, 1.807) is 0 Å². The van der Waals surface area contributed by atoms with Gasteiger partial charge in [0.1, 0.15) is 11.4 Å². The van der Waals surface area contributed by atoms with Gasteiger partial charge in [-0.05, 0) is 18.8 Å². The number of anilines is 1. The Labute approximate surface area is 101 Å². The minimum atomic E-state index is -0.0321. The summed E-state index contributed by atoms with van der Waals surface area (Å²) in [5.41, 5.74) is 6.15. The minimum Gasteiger partial charge on any atom is -0.383 e. The summed E-state index contributed by atoms with van der Waals surface area (Å²) in [5.74, 6) is 1.02. The summed E-state index contributed by atoms with van der Waals surface area (Å²) in [7, 11) is 1.86. The Bertz CT molecular complexity index is 401. The average Bonchev–Trinajstić information content (AvgIpc) is 2.73. The number of carbonyl (C=O) groups is 1. The van der Waals surface area contributed by atoms with E-state index in [1.807, 2.05) is 11.9 Å². The van der Waals surface area contributed by atoms with Crippen molar-refractivity contribution < 1.29 is 4.79 Å². The number of nitrogens with two attached hydrogens (primary N) is 1. The Morgan fingerprint density at radius 1 is 1.59 bits per heavy atom. The molecule has 1 aliphatic carbocycles. The number of rotatable bonds is 2. The summed E-state index contributed by atoms with van der Waals surface area (Å²) < 4.78 is 0. The van der Waals surface area contributed by atoms with Gasteiger partial charge < -0.3 is 10.6 Å². The van der Waals surface area contributed by atoms with E-state index in [2.05, 4.69) is 17.1 Å². The number of carbonyl (C=O) groups excluding carboxylic acids is 1. The second-order valence-corrected chi connectivity index (χ2v) is 5.04. The van der Waals surface area contributed by atoms with Gasteiger partial charge in [0.25, 0.3) is 5.91 Å². The predicted molar refractivity (Wildman–Crippen MR) is 66.5 cm³/mol. The molecule has 5 heteroatoms. The molecule has 17 heavy (non-hydrogen) atoms. The van der Waals surface area contributed by atoms with E-state index in [0.717, 1.165) is 12.8 Å². The average molecular weight is 236 g/mol. The maximum Gasteiger partial charge on any atom is 0.259 e. The zero-order chi connectivity index (χ0) is 12.4. The smallest absolute Gasteiger partial charge is 0.259 e. The molecule has 0 aliphatic heterocycles. The molecule has 5 nitrogen and oxygen atoms in total. The predicted octanol–water partition coefficient (Wildman–Crippen LogP) is 1.64. The number of nitrogens with zero attached hydrogens (tertiary/aromatic N) is 2. The molecule has 2 atom stereocenters. The number of hydrogen-bond acceptors (Lipinski definition) is 3. The van der Waals surface area contributed by atoms with E-state index in [4.69, 9.17) is 5.73 Å². The van der Waals surface area contributed by atoms with Gasteiger partial charge in [-0.2, -0.15) is 5.10 Å². The van der Waals surface area contributed by atoms with Gasteiger partial charge >= 0.3 is 0 Å². The second-order valence-electron chi connectivity index (χ2n) is 5.04. The number of aromatic amines is 1. The topological polar surface area (TPSA) is 75.0 Å². The zero-order valence-corrected chi connectivity index (χ0v) is 10.4. The van der Waals surface area contributed by atoms with Gasteiger partial charge in [0.2, 0.25) is 0 Å². The van der Waals surface area contributed by atoms with Crippen molar-refractivity contribution in [2.45, 2.75) is 38.6 Å². The van der Waals surface area contributed by atoms with Crippen molar-refractivity contribution in [1.29, 1.82) is 0 Å². The molecule has 1 heterocycles. The maximum absolute atomic E-state index is 12.2. The van der Waals surface area contributed by atoms with E-state index in [9.17, 15) is 4.79 Å². The molecule has 1 fully saturated rings. The lowest BCUT2D eigenvalue weighted by atomic mass is 9.86. The fourth-order valence-corrected chi connectivity index (χ4v) is 2.58. The third-order valence-electron chi connectivity index (χ3n) is 3.68. The lowest BCUT2D eigenvalue weighted by Gasteiger charge is -2.34. The van der Waals surface area contributed by atoms with Crippen LogP contribution in [0.15, 0.2) is 6.20 Å². The van der Waals surface area contributed by atoms with Crippen LogP contribution in [0.3, 0.4) is 0 Å². The molecule has 3 N–H and O–H groups in total. The Kier molecular flexibility index (Phi) is 3.36. The molecular formula is C12H20N4O. The normalized spacial score (nSPS) is 24.6. The first-order valence-electron chi connectivity index (χ1n) is 6.15. The highest BCUT2D eigenvalue weighted by Gasteiger charge is 2.27. The number of amides is 1. The van der Waals surface area contributed by atoms with Crippen molar-refractivity contribution in [2.24, 2.45) is 5.92 Å². The number of nitrogen functional groups attached to an aromatic ring is 1. The van der Waals surface area contributed by atoms with Gasteiger partial charge in [0, 0.05) is 13.1 Å². The van der Waals surface area contributed by atoms with Gasteiger partial charge in [-0.15, -0.1) is 0 Å². The first-order valence-corrected chi connectivity index (χ1v) is 6.15. The van der Waals surface area contributed by atoms with E-state index >= 15 is 0 Å². The van der Waals surface area contributed by atoms with Gasteiger partial charge in [0.05, 0.1) is 6.20 Å². The maximum atomic E-state index is 12.2. The monoisotopic (exact) mass is 236 g/mol. The van der Waals surface area contributed by atoms with Crippen molar-refractivity contribution in [1.82, 2.24) is 15.1 Å². The molecule has 2 unspecified atom stereocenters. The number of aromatic nitrogens is 2. The van der Waals surface area contributed by atoms with Crippen LogP contribution in [-0.4, -0.2) is 34.1 Å².